The lowest BCUT2D eigenvalue weighted by Crippen LogP contribution is -2.29. The highest BCUT2D eigenvalue weighted by Crippen LogP contribution is 2.36. The van der Waals surface area contributed by atoms with E-state index >= 15 is 0 Å². The largest absolute Gasteiger partial charge is 0.496 e. The second-order valence-corrected chi connectivity index (χ2v) is 7.24. The van der Waals surface area contributed by atoms with E-state index in [4.69, 9.17) is 4.74 Å². The minimum absolute atomic E-state index is 0.845. The highest BCUT2D eigenvalue weighted by Gasteiger charge is 2.24. The molecule has 0 atom stereocenters. The topological polar surface area (TPSA) is 41.1 Å². The molecule has 0 aliphatic carbocycles. The number of fused-ring (bicyclic) bond motifs is 1. The molecule has 0 saturated carbocycles. The van der Waals surface area contributed by atoms with Crippen LogP contribution in [0.15, 0.2) is 53.0 Å². The van der Waals surface area contributed by atoms with Gasteiger partial charge in [-0.25, -0.2) is 0 Å². The van der Waals surface area contributed by atoms with E-state index in [9.17, 15) is 0 Å². The van der Waals surface area contributed by atoms with Gasteiger partial charge < -0.3 is 4.74 Å². The summed E-state index contributed by atoms with van der Waals surface area (Å²) in [6, 6.07) is 16.7. The molecule has 0 bridgehead atoms. The van der Waals surface area contributed by atoms with Crippen molar-refractivity contribution < 1.29 is 4.74 Å². The summed E-state index contributed by atoms with van der Waals surface area (Å²) in [5, 5.41) is 7.84. The van der Waals surface area contributed by atoms with Crippen LogP contribution in [0.5, 0.6) is 5.75 Å². The maximum Gasteiger partial charge on any atom is 0.128 e. The van der Waals surface area contributed by atoms with Crippen LogP contribution in [0.2, 0.25) is 0 Å². The summed E-state index contributed by atoms with van der Waals surface area (Å²) in [5.41, 5.74) is 5.87. The number of hydrogen-bond donors (Lipinski definition) is 1. The van der Waals surface area contributed by atoms with E-state index in [1.54, 1.807) is 7.11 Å². The number of ether oxygens (including phenoxy) is 1. The molecule has 2 aromatic carbocycles. The molecule has 0 amide bonds. The SMILES string of the molecule is COc1ccc(Br)cc1-c1n[nH]c2c1CN(Cc1ccccc1)CC2. The first-order valence-corrected chi connectivity index (χ1v) is 9.20. The molecule has 0 spiro atoms. The Balaban J connectivity index is 1.65. The van der Waals surface area contributed by atoms with Crippen molar-refractivity contribution >= 4 is 15.9 Å². The zero-order chi connectivity index (χ0) is 17.2. The minimum Gasteiger partial charge on any atom is -0.496 e. The molecule has 1 aliphatic heterocycles. The normalized spacial score (nSPS) is 14.3. The maximum atomic E-state index is 5.55. The molecular weight excluding hydrogens is 378 g/mol. The van der Waals surface area contributed by atoms with Crippen LogP contribution in [-0.4, -0.2) is 28.8 Å². The summed E-state index contributed by atoms with van der Waals surface area (Å²) >= 11 is 3.56. The molecule has 0 radical (unpaired) electrons. The first-order chi connectivity index (χ1) is 12.2. The van der Waals surface area contributed by atoms with Crippen molar-refractivity contribution in [3.63, 3.8) is 0 Å². The van der Waals surface area contributed by atoms with Gasteiger partial charge in [0, 0.05) is 47.3 Å². The summed E-state index contributed by atoms with van der Waals surface area (Å²) in [4.78, 5) is 2.47. The molecule has 2 heterocycles. The van der Waals surface area contributed by atoms with Gasteiger partial charge in [-0.1, -0.05) is 46.3 Å². The molecule has 5 heteroatoms. The number of aromatic nitrogens is 2. The number of H-pyrrole nitrogens is 1. The van der Waals surface area contributed by atoms with Crippen LogP contribution in [0.3, 0.4) is 0 Å². The average Bonchev–Trinajstić information content (AvgIpc) is 3.05. The average molecular weight is 398 g/mol. The second kappa shape index (κ2) is 7.02. The smallest absolute Gasteiger partial charge is 0.128 e. The Labute approximate surface area is 156 Å². The number of methoxy groups -OCH3 is 1. The van der Waals surface area contributed by atoms with Crippen molar-refractivity contribution in [2.75, 3.05) is 13.7 Å². The van der Waals surface area contributed by atoms with E-state index < -0.39 is 0 Å². The highest BCUT2D eigenvalue weighted by atomic mass is 79.9. The van der Waals surface area contributed by atoms with Gasteiger partial charge in [-0.05, 0) is 23.8 Å². The maximum absolute atomic E-state index is 5.55. The van der Waals surface area contributed by atoms with E-state index in [-0.39, 0.29) is 0 Å². The van der Waals surface area contributed by atoms with Gasteiger partial charge in [-0.2, -0.15) is 5.10 Å². The van der Waals surface area contributed by atoms with Crippen LogP contribution < -0.4 is 4.74 Å². The molecule has 25 heavy (non-hydrogen) atoms. The van der Waals surface area contributed by atoms with Gasteiger partial charge in [0.2, 0.25) is 0 Å². The summed E-state index contributed by atoms with van der Waals surface area (Å²) in [6.45, 7) is 2.89. The van der Waals surface area contributed by atoms with Crippen LogP contribution in [0, 0.1) is 0 Å². The number of aromatic amines is 1. The van der Waals surface area contributed by atoms with Gasteiger partial charge >= 0.3 is 0 Å². The number of rotatable bonds is 4. The van der Waals surface area contributed by atoms with Crippen molar-refractivity contribution in [1.82, 2.24) is 15.1 Å². The first kappa shape index (κ1) is 16.4. The highest BCUT2D eigenvalue weighted by molar-refractivity contribution is 9.10. The third-order valence-corrected chi connectivity index (χ3v) is 5.17. The lowest BCUT2D eigenvalue weighted by atomic mass is 10.00. The molecule has 0 unspecified atom stereocenters. The van der Waals surface area contributed by atoms with Crippen molar-refractivity contribution in [3.05, 3.63) is 69.8 Å². The van der Waals surface area contributed by atoms with Crippen LogP contribution in [0.4, 0.5) is 0 Å². The predicted molar refractivity (Wildman–Crippen MR) is 103 cm³/mol. The molecule has 4 nitrogen and oxygen atoms in total. The number of benzene rings is 2. The summed E-state index contributed by atoms with van der Waals surface area (Å²) < 4.78 is 6.57. The first-order valence-electron chi connectivity index (χ1n) is 8.41. The number of nitrogens with zero attached hydrogens (tertiary/aromatic N) is 2. The molecule has 0 saturated heterocycles. The molecule has 4 rings (SSSR count). The quantitative estimate of drug-likeness (QED) is 0.708. The molecule has 0 fully saturated rings. The van der Waals surface area contributed by atoms with Crippen LogP contribution in [-0.2, 0) is 19.5 Å². The standard InChI is InChI=1S/C20H20BrN3O/c1-25-19-8-7-15(21)11-16(19)20-17-13-24(10-9-18(17)22-23-20)12-14-5-3-2-4-6-14/h2-8,11H,9-10,12-13H2,1H3,(H,22,23). The summed E-state index contributed by atoms with van der Waals surface area (Å²) in [6.07, 6.45) is 0.992. The Bertz CT molecular complexity index is 876. The van der Waals surface area contributed by atoms with Crippen molar-refractivity contribution in [2.24, 2.45) is 0 Å². The van der Waals surface area contributed by atoms with Crippen LogP contribution in [0.25, 0.3) is 11.3 Å². The Hall–Kier alpha value is -2.11. The molecule has 1 aliphatic rings. The van der Waals surface area contributed by atoms with E-state index in [1.165, 1.54) is 16.8 Å². The van der Waals surface area contributed by atoms with Gasteiger partial charge in [0.05, 0.1) is 7.11 Å². The molecular formula is C20H20BrN3O. The minimum atomic E-state index is 0.845. The zero-order valence-corrected chi connectivity index (χ0v) is 15.7. The zero-order valence-electron chi connectivity index (χ0n) is 14.1. The second-order valence-electron chi connectivity index (χ2n) is 6.32. The number of nitrogens with one attached hydrogen (secondary N) is 1. The van der Waals surface area contributed by atoms with E-state index in [0.29, 0.717) is 0 Å². The molecule has 1 N–H and O–H groups in total. The Morgan fingerprint density at radius 2 is 2.04 bits per heavy atom. The van der Waals surface area contributed by atoms with Crippen molar-refractivity contribution in [3.8, 4) is 17.0 Å². The van der Waals surface area contributed by atoms with Gasteiger partial charge in [0.25, 0.3) is 0 Å². The van der Waals surface area contributed by atoms with Crippen LogP contribution in [0.1, 0.15) is 16.8 Å². The monoisotopic (exact) mass is 397 g/mol. The third-order valence-electron chi connectivity index (χ3n) is 4.68. The van der Waals surface area contributed by atoms with E-state index in [1.807, 2.05) is 12.1 Å². The fourth-order valence-corrected chi connectivity index (χ4v) is 3.78. The van der Waals surface area contributed by atoms with E-state index in [2.05, 4.69) is 67.4 Å². The lowest BCUT2D eigenvalue weighted by molar-refractivity contribution is 0.245. The fraction of sp³-hybridized carbons (Fsp3) is 0.250. The summed E-state index contributed by atoms with van der Waals surface area (Å²) in [5.74, 6) is 0.845. The van der Waals surface area contributed by atoms with Gasteiger partial charge in [-0.15, -0.1) is 0 Å². The van der Waals surface area contributed by atoms with Crippen molar-refractivity contribution in [2.45, 2.75) is 19.5 Å². The number of hydrogen-bond acceptors (Lipinski definition) is 3. The Kier molecular flexibility index (Phi) is 4.59. The predicted octanol–water partition coefficient (Wildman–Crippen LogP) is 4.41. The van der Waals surface area contributed by atoms with Gasteiger partial charge in [-0.3, -0.25) is 10.00 Å². The third kappa shape index (κ3) is 3.34. The molecule has 128 valence electrons. The van der Waals surface area contributed by atoms with Gasteiger partial charge in [0.15, 0.2) is 0 Å². The van der Waals surface area contributed by atoms with E-state index in [0.717, 1.165) is 47.5 Å². The van der Waals surface area contributed by atoms with Crippen molar-refractivity contribution in [1.29, 1.82) is 0 Å². The summed E-state index contributed by atoms with van der Waals surface area (Å²) in [7, 11) is 1.70. The molecule has 1 aromatic heterocycles. The van der Waals surface area contributed by atoms with Gasteiger partial charge in [0.1, 0.15) is 11.4 Å². The van der Waals surface area contributed by atoms with Crippen LogP contribution >= 0.6 is 15.9 Å². The Morgan fingerprint density at radius 3 is 2.84 bits per heavy atom. The number of halogens is 1. The molecule has 3 aromatic rings. The Morgan fingerprint density at radius 1 is 1.20 bits per heavy atom. The lowest BCUT2D eigenvalue weighted by Gasteiger charge is -2.27. The fourth-order valence-electron chi connectivity index (χ4n) is 3.42.